The third-order valence-corrected chi connectivity index (χ3v) is 6.94. The smallest absolute Gasteiger partial charge is 0.248 e. The lowest BCUT2D eigenvalue weighted by atomic mass is 10.2. The molecule has 122 valence electrons. The van der Waals surface area contributed by atoms with Crippen LogP contribution in [0.4, 0.5) is 0 Å². The lowest BCUT2D eigenvalue weighted by molar-refractivity contribution is 0.557. The molecular formula is C20H20NO2P. The monoisotopic (exact) mass is 337 g/mol. The minimum absolute atomic E-state index is 0.634. The number of rotatable bonds is 4. The third-order valence-electron chi connectivity index (χ3n) is 4.05. The number of benzene rings is 2. The summed E-state index contributed by atoms with van der Waals surface area (Å²) in [5, 5.41) is 1.54. The summed E-state index contributed by atoms with van der Waals surface area (Å²) in [6, 6.07) is 19.1. The van der Waals surface area contributed by atoms with Gasteiger partial charge in [0.05, 0.1) is 12.0 Å². The number of furan rings is 1. The van der Waals surface area contributed by atoms with Gasteiger partial charge in [-0.05, 0) is 56.2 Å². The highest BCUT2D eigenvalue weighted by atomic mass is 31.2. The Labute approximate surface area is 142 Å². The highest BCUT2D eigenvalue weighted by Crippen LogP contribution is 2.47. The molecule has 1 heterocycles. The summed E-state index contributed by atoms with van der Waals surface area (Å²) in [6.07, 6.45) is 1.60. The van der Waals surface area contributed by atoms with Gasteiger partial charge in [-0.25, -0.2) is 4.76 Å². The number of hydrogen-bond acceptors (Lipinski definition) is 2. The van der Waals surface area contributed by atoms with Crippen LogP contribution in [-0.2, 0) is 4.57 Å². The molecule has 0 unspecified atom stereocenters. The molecule has 0 radical (unpaired) electrons. The summed E-state index contributed by atoms with van der Waals surface area (Å²) in [7, 11) is -3.17. The Balaban J connectivity index is 2.27. The topological polar surface area (TPSA) is 42.6 Å². The van der Waals surface area contributed by atoms with Crippen LogP contribution in [-0.4, -0.2) is 5.71 Å². The van der Waals surface area contributed by atoms with E-state index >= 15 is 0 Å². The molecule has 4 heteroatoms. The van der Waals surface area contributed by atoms with Gasteiger partial charge < -0.3 is 4.42 Å². The second-order valence-electron chi connectivity index (χ2n) is 5.81. The van der Waals surface area contributed by atoms with E-state index in [1.165, 1.54) is 0 Å². The molecule has 0 spiro atoms. The van der Waals surface area contributed by atoms with Crippen LogP contribution < -0.4 is 10.6 Å². The van der Waals surface area contributed by atoms with E-state index in [-0.39, 0.29) is 0 Å². The maximum Gasteiger partial charge on any atom is 0.248 e. The standard InChI is InChI=1S/C20H20NO2P/c1-15-9-4-6-12-19(15)24(22,20-13-7-5-10-16(20)2)21-17(3)18-11-8-14-23-18/h4-14H,1-3H3/b21-17+. The highest BCUT2D eigenvalue weighted by Gasteiger charge is 2.30. The van der Waals surface area contributed by atoms with E-state index < -0.39 is 7.29 Å². The Morgan fingerprint density at radius 2 is 1.42 bits per heavy atom. The molecule has 0 bridgehead atoms. The van der Waals surface area contributed by atoms with Crippen molar-refractivity contribution in [1.29, 1.82) is 0 Å². The molecule has 0 amide bonds. The van der Waals surface area contributed by atoms with Gasteiger partial charge in [-0.3, -0.25) is 4.57 Å². The van der Waals surface area contributed by atoms with Crippen LogP contribution in [0.2, 0.25) is 0 Å². The fraction of sp³-hybridized carbons (Fsp3) is 0.150. The molecule has 0 aliphatic carbocycles. The Hall–Kier alpha value is -2.38. The first-order valence-corrected chi connectivity index (χ1v) is 9.51. The zero-order valence-electron chi connectivity index (χ0n) is 14.1. The number of hydrogen-bond donors (Lipinski definition) is 0. The molecule has 0 N–H and O–H groups in total. The molecule has 0 aliphatic heterocycles. The van der Waals surface area contributed by atoms with Gasteiger partial charge in [0.25, 0.3) is 0 Å². The van der Waals surface area contributed by atoms with Crippen molar-refractivity contribution in [2.45, 2.75) is 20.8 Å². The second-order valence-corrected chi connectivity index (χ2v) is 8.13. The van der Waals surface area contributed by atoms with E-state index in [1.54, 1.807) is 12.3 Å². The minimum Gasteiger partial charge on any atom is -0.463 e. The fourth-order valence-corrected chi connectivity index (χ4v) is 5.47. The summed E-state index contributed by atoms with van der Waals surface area (Å²) in [5.41, 5.74) is 2.58. The van der Waals surface area contributed by atoms with Crippen LogP contribution in [0, 0.1) is 13.8 Å². The lowest BCUT2D eigenvalue weighted by Crippen LogP contribution is -2.20. The largest absolute Gasteiger partial charge is 0.463 e. The molecule has 0 atom stereocenters. The van der Waals surface area contributed by atoms with E-state index in [4.69, 9.17) is 9.18 Å². The van der Waals surface area contributed by atoms with Gasteiger partial charge >= 0.3 is 0 Å². The van der Waals surface area contributed by atoms with Crippen LogP contribution in [0.5, 0.6) is 0 Å². The summed E-state index contributed by atoms with van der Waals surface area (Å²) < 4.78 is 24.2. The van der Waals surface area contributed by atoms with Gasteiger partial charge in [0.15, 0.2) is 0 Å². The molecule has 3 rings (SSSR count). The third kappa shape index (κ3) is 3.00. The first-order chi connectivity index (χ1) is 11.5. The Morgan fingerprint density at radius 3 is 1.88 bits per heavy atom. The highest BCUT2D eigenvalue weighted by molar-refractivity contribution is 7.77. The second kappa shape index (κ2) is 6.62. The molecule has 24 heavy (non-hydrogen) atoms. The summed E-state index contributed by atoms with van der Waals surface area (Å²) in [6.45, 7) is 5.78. The SMILES string of the molecule is C/C(=N\P(=O)(c1ccccc1C)c1ccccc1C)c1ccco1. The average Bonchev–Trinajstić information content (AvgIpc) is 3.10. The average molecular weight is 337 g/mol. The van der Waals surface area contributed by atoms with Crippen LogP contribution in [0.1, 0.15) is 23.8 Å². The number of aryl methyl sites for hydroxylation is 2. The van der Waals surface area contributed by atoms with Gasteiger partial charge in [-0.1, -0.05) is 36.4 Å². The molecule has 3 aromatic rings. The van der Waals surface area contributed by atoms with Crippen molar-refractivity contribution >= 4 is 23.6 Å². The first-order valence-electron chi connectivity index (χ1n) is 7.85. The van der Waals surface area contributed by atoms with E-state index in [0.29, 0.717) is 11.5 Å². The predicted molar refractivity (Wildman–Crippen MR) is 100 cm³/mol. The van der Waals surface area contributed by atoms with Crippen molar-refractivity contribution in [3.63, 3.8) is 0 Å². The zero-order chi connectivity index (χ0) is 17.2. The maximum atomic E-state index is 14.1. The van der Waals surface area contributed by atoms with Crippen LogP contribution in [0.25, 0.3) is 0 Å². The summed E-state index contributed by atoms with van der Waals surface area (Å²) >= 11 is 0. The Morgan fingerprint density at radius 1 is 0.875 bits per heavy atom. The molecule has 0 saturated heterocycles. The van der Waals surface area contributed by atoms with Crippen LogP contribution in [0.3, 0.4) is 0 Å². The normalized spacial score (nSPS) is 12.4. The molecule has 0 aliphatic rings. The first kappa shape index (κ1) is 16.5. The maximum absolute atomic E-state index is 14.1. The predicted octanol–water partition coefficient (Wildman–Crippen LogP) is 4.63. The van der Waals surface area contributed by atoms with E-state index in [2.05, 4.69) is 0 Å². The van der Waals surface area contributed by atoms with E-state index in [0.717, 1.165) is 21.7 Å². The van der Waals surface area contributed by atoms with Gasteiger partial charge in [-0.2, -0.15) is 0 Å². The van der Waals surface area contributed by atoms with Crippen molar-refractivity contribution < 1.29 is 8.98 Å². The van der Waals surface area contributed by atoms with E-state index in [9.17, 15) is 4.57 Å². The molecule has 3 nitrogen and oxygen atoms in total. The Bertz CT molecular complexity index is 877. The van der Waals surface area contributed by atoms with Crippen LogP contribution in [0.15, 0.2) is 76.1 Å². The quantitative estimate of drug-likeness (QED) is 0.514. The van der Waals surface area contributed by atoms with Crippen molar-refractivity contribution in [1.82, 2.24) is 0 Å². The minimum atomic E-state index is -3.17. The van der Waals surface area contributed by atoms with Crippen molar-refractivity contribution in [3.8, 4) is 0 Å². The van der Waals surface area contributed by atoms with E-state index in [1.807, 2.05) is 75.4 Å². The summed E-state index contributed by atoms with van der Waals surface area (Å²) in [4.78, 5) is 0. The number of nitrogens with zero attached hydrogens (tertiary/aromatic N) is 1. The van der Waals surface area contributed by atoms with Gasteiger partial charge in [0.2, 0.25) is 7.29 Å². The fourth-order valence-electron chi connectivity index (χ4n) is 2.79. The molecular weight excluding hydrogens is 317 g/mol. The van der Waals surface area contributed by atoms with Gasteiger partial charge in [0, 0.05) is 10.6 Å². The van der Waals surface area contributed by atoms with Crippen LogP contribution >= 0.6 is 7.29 Å². The lowest BCUT2D eigenvalue weighted by Gasteiger charge is -2.19. The molecule has 2 aromatic carbocycles. The molecule has 0 saturated carbocycles. The van der Waals surface area contributed by atoms with Gasteiger partial charge in [0.1, 0.15) is 5.76 Å². The van der Waals surface area contributed by atoms with Crippen molar-refractivity contribution in [3.05, 3.63) is 83.8 Å². The summed E-state index contributed by atoms with van der Waals surface area (Å²) in [5.74, 6) is 0.636. The van der Waals surface area contributed by atoms with Gasteiger partial charge in [-0.15, -0.1) is 0 Å². The van der Waals surface area contributed by atoms with Crippen molar-refractivity contribution in [2.24, 2.45) is 4.76 Å². The molecule has 1 aromatic heterocycles. The Kier molecular flexibility index (Phi) is 4.55. The zero-order valence-corrected chi connectivity index (χ0v) is 15.0. The van der Waals surface area contributed by atoms with Crippen molar-refractivity contribution in [2.75, 3.05) is 0 Å². The molecule has 0 fully saturated rings.